The van der Waals surface area contributed by atoms with Gasteiger partial charge in [-0.3, -0.25) is 4.79 Å². The standard InChI is InChI=1S/C20H22O7/c1-18-8-13(10-4-6-25-9-10)26-16(22)11(18)7-14(21)19(2)15(18)12-3-5-20(19,24)17(23)27-12/h3-6,9,11-15,21,24H,7-8H2,1-2H3/t11-,12-,13-,14?,15+,18-,19-,20+/m1/s1. The lowest BCUT2D eigenvalue weighted by atomic mass is 9.41. The Balaban J connectivity index is 1.64. The van der Waals surface area contributed by atoms with Crippen LogP contribution in [0.3, 0.4) is 0 Å². The molecule has 3 aliphatic heterocycles. The van der Waals surface area contributed by atoms with Crippen LogP contribution in [-0.2, 0) is 19.1 Å². The molecule has 3 fully saturated rings. The number of carbonyl (C=O) groups is 2. The van der Waals surface area contributed by atoms with E-state index in [1.807, 2.05) is 6.92 Å². The predicted molar refractivity (Wildman–Crippen MR) is 89.9 cm³/mol. The molecule has 2 N–H and O–H groups in total. The SMILES string of the molecule is C[C@@]12C[C@H](c3ccoc3)OC(=O)[C@H]1CC(O)[C@]1(C)[C@H]2[C@H]2C=C[C@]1(O)C(=O)O2. The fraction of sp³-hybridized carbons (Fsp3) is 0.600. The summed E-state index contributed by atoms with van der Waals surface area (Å²) in [5.41, 5.74) is -2.92. The molecule has 2 bridgehead atoms. The number of fused-ring (bicyclic) bond motifs is 2. The lowest BCUT2D eigenvalue weighted by molar-refractivity contribution is -0.284. The topological polar surface area (TPSA) is 106 Å². The molecule has 8 atom stereocenters. The molecule has 0 spiro atoms. The third kappa shape index (κ3) is 1.84. The van der Waals surface area contributed by atoms with Gasteiger partial charge in [-0.25, -0.2) is 4.79 Å². The molecule has 1 aromatic heterocycles. The molecule has 2 saturated heterocycles. The van der Waals surface area contributed by atoms with Crippen LogP contribution in [0.1, 0.15) is 38.4 Å². The number of furan rings is 1. The van der Waals surface area contributed by atoms with Crippen LogP contribution >= 0.6 is 0 Å². The maximum Gasteiger partial charge on any atom is 0.343 e. The molecule has 4 heterocycles. The highest BCUT2D eigenvalue weighted by Gasteiger charge is 2.75. The molecule has 5 aliphatic rings. The molecule has 27 heavy (non-hydrogen) atoms. The van der Waals surface area contributed by atoms with E-state index in [4.69, 9.17) is 13.9 Å². The monoisotopic (exact) mass is 374 g/mol. The van der Waals surface area contributed by atoms with Crippen molar-refractivity contribution < 1.29 is 33.7 Å². The van der Waals surface area contributed by atoms with Gasteiger partial charge < -0.3 is 24.1 Å². The molecule has 0 radical (unpaired) electrons. The van der Waals surface area contributed by atoms with E-state index < -0.39 is 52.5 Å². The molecule has 144 valence electrons. The van der Waals surface area contributed by atoms with Crippen molar-refractivity contribution in [2.24, 2.45) is 22.7 Å². The lowest BCUT2D eigenvalue weighted by Gasteiger charge is -2.67. The summed E-state index contributed by atoms with van der Waals surface area (Å²) in [6.45, 7) is 3.71. The molecule has 1 saturated carbocycles. The molecule has 0 amide bonds. The minimum Gasteiger partial charge on any atom is -0.472 e. The second kappa shape index (κ2) is 5.02. The van der Waals surface area contributed by atoms with Crippen molar-refractivity contribution in [2.45, 2.75) is 50.6 Å². The molecule has 2 aliphatic carbocycles. The predicted octanol–water partition coefficient (Wildman–Crippen LogP) is 1.50. The number of hydrogen-bond donors (Lipinski definition) is 2. The molecule has 7 nitrogen and oxygen atoms in total. The van der Waals surface area contributed by atoms with Crippen LogP contribution in [0.5, 0.6) is 0 Å². The summed E-state index contributed by atoms with van der Waals surface area (Å²) >= 11 is 0. The summed E-state index contributed by atoms with van der Waals surface area (Å²) in [6, 6.07) is 1.76. The Kier molecular flexibility index (Phi) is 3.17. The van der Waals surface area contributed by atoms with Crippen LogP contribution in [0.15, 0.2) is 35.2 Å². The third-order valence-corrected chi connectivity index (χ3v) is 7.62. The number of hydrogen-bond acceptors (Lipinski definition) is 7. The highest BCUT2D eigenvalue weighted by molar-refractivity contribution is 5.86. The van der Waals surface area contributed by atoms with E-state index >= 15 is 0 Å². The maximum absolute atomic E-state index is 12.9. The first-order chi connectivity index (χ1) is 12.7. The fourth-order valence-corrected chi connectivity index (χ4v) is 6.13. The van der Waals surface area contributed by atoms with Crippen molar-refractivity contribution in [3.63, 3.8) is 0 Å². The number of ether oxygens (including phenoxy) is 2. The fourth-order valence-electron chi connectivity index (χ4n) is 6.13. The van der Waals surface area contributed by atoms with Gasteiger partial charge in [-0.1, -0.05) is 13.8 Å². The molecule has 1 aromatic rings. The molecule has 6 rings (SSSR count). The Labute approximate surface area is 155 Å². The quantitative estimate of drug-likeness (QED) is 0.567. The summed E-state index contributed by atoms with van der Waals surface area (Å²) in [4.78, 5) is 25.3. The van der Waals surface area contributed by atoms with E-state index in [2.05, 4.69) is 0 Å². The smallest absolute Gasteiger partial charge is 0.343 e. The summed E-state index contributed by atoms with van der Waals surface area (Å²) in [5.74, 6) is -2.07. The summed E-state index contributed by atoms with van der Waals surface area (Å²) in [6.07, 6.45) is 4.72. The van der Waals surface area contributed by atoms with Gasteiger partial charge in [0.15, 0.2) is 5.60 Å². The van der Waals surface area contributed by atoms with Gasteiger partial charge in [-0.05, 0) is 36.5 Å². The van der Waals surface area contributed by atoms with E-state index in [9.17, 15) is 19.8 Å². The summed E-state index contributed by atoms with van der Waals surface area (Å²) < 4.78 is 16.3. The highest BCUT2D eigenvalue weighted by Crippen LogP contribution is 2.67. The van der Waals surface area contributed by atoms with E-state index in [0.29, 0.717) is 6.42 Å². The molecule has 1 unspecified atom stereocenters. The molecular weight excluding hydrogens is 352 g/mol. The van der Waals surface area contributed by atoms with Gasteiger partial charge >= 0.3 is 11.9 Å². The van der Waals surface area contributed by atoms with Crippen LogP contribution in [0.4, 0.5) is 0 Å². The zero-order valence-corrected chi connectivity index (χ0v) is 15.1. The van der Waals surface area contributed by atoms with E-state index in [1.54, 1.807) is 25.3 Å². The van der Waals surface area contributed by atoms with Crippen molar-refractivity contribution in [1.82, 2.24) is 0 Å². The first-order valence-electron chi connectivity index (χ1n) is 9.25. The number of aliphatic hydroxyl groups is 2. The second-order valence-electron chi connectivity index (χ2n) is 8.75. The van der Waals surface area contributed by atoms with Crippen LogP contribution in [0, 0.1) is 22.7 Å². The van der Waals surface area contributed by atoms with Crippen LogP contribution in [0.2, 0.25) is 0 Å². The molecular formula is C20H22O7. The maximum atomic E-state index is 12.9. The Bertz CT molecular complexity index is 845. The van der Waals surface area contributed by atoms with Gasteiger partial charge in [0.1, 0.15) is 12.2 Å². The van der Waals surface area contributed by atoms with Crippen molar-refractivity contribution in [3.8, 4) is 0 Å². The third-order valence-electron chi connectivity index (χ3n) is 7.62. The van der Waals surface area contributed by atoms with Crippen LogP contribution in [-0.4, -0.2) is 40.0 Å². The van der Waals surface area contributed by atoms with E-state index in [-0.39, 0.29) is 12.4 Å². The van der Waals surface area contributed by atoms with Crippen LogP contribution in [0.25, 0.3) is 0 Å². The Morgan fingerprint density at radius 1 is 1.22 bits per heavy atom. The number of esters is 2. The largest absolute Gasteiger partial charge is 0.472 e. The number of cyclic esters (lactones) is 1. The second-order valence-corrected chi connectivity index (χ2v) is 8.75. The Morgan fingerprint density at radius 2 is 2.00 bits per heavy atom. The van der Waals surface area contributed by atoms with Gasteiger partial charge in [-0.2, -0.15) is 0 Å². The lowest BCUT2D eigenvalue weighted by Crippen LogP contribution is -2.76. The van der Waals surface area contributed by atoms with Crippen molar-refractivity contribution in [3.05, 3.63) is 36.3 Å². The normalized spacial score (nSPS) is 50.6. The molecule has 0 aromatic carbocycles. The van der Waals surface area contributed by atoms with E-state index in [1.165, 1.54) is 12.3 Å². The Morgan fingerprint density at radius 3 is 2.67 bits per heavy atom. The zero-order chi connectivity index (χ0) is 19.2. The summed E-state index contributed by atoms with van der Waals surface area (Å²) in [7, 11) is 0. The van der Waals surface area contributed by atoms with Gasteiger partial charge in [-0.15, -0.1) is 0 Å². The van der Waals surface area contributed by atoms with E-state index in [0.717, 1.165) is 5.56 Å². The zero-order valence-electron chi connectivity index (χ0n) is 15.1. The number of rotatable bonds is 1. The minimum absolute atomic E-state index is 0.136. The van der Waals surface area contributed by atoms with Crippen molar-refractivity contribution >= 4 is 11.9 Å². The Hall–Kier alpha value is -2.12. The minimum atomic E-state index is -1.91. The first-order valence-corrected chi connectivity index (χ1v) is 9.25. The number of carbonyl (C=O) groups excluding carboxylic acids is 2. The van der Waals surface area contributed by atoms with Gasteiger partial charge in [0.2, 0.25) is 0 Å². The summed E-state index contributed by atoms with van der Waals surface area (Å²) in [5, 5.41) is 22.1. The van der Waals surface area contributed by atoms with Gasteiger partial charge in [0.25, 0.3) is 0 Å². The van der Waals surface area contributed by atoms with Crippen molar-refractivity contribution in [2.75, 3.05) is 0 Å². The number of aliphatic hydroxyl groups excluding tert-OH is 1. The average molecular weight is 374 g/mol. The van der Waals surface area contributed by atoms with Gasteiger partial charge in [0, 0.05) is 16.9 Å². The van der Waals surface area contributed by atoms with Gasteiger partial charge in [0.05, 0.1) is 24.5 Å². The molecule has 7 heteroatoms. The van der Waals surface area contributed by atoms with Crippen molar-refractivity contribution in [1.29, 1.82) is 0 Å². The van der Waals surface area contributed by atoms with Crippen LogP contribution < -0.4 is 0 Å². The average Bonchev–Trinajstić information content (AvgIpc) is 3.14. The first kappa shape index (κ1) is 17.0. The highest BCUT2D eigenvalue weighted by atomic mass is 16.6.